The van der Waals surface area contributed by atoms with Crippen LogP contribution in [0.5, 0.6) is 5.75 Å². The molecular weight excluding hydrogens is 294 g/mol. The molecule has 1 fully saturated rings. The van der Waals surface area contributed by atoms with E-state index in [1.165, 1.54) is 6.42 Å². The van der Waals surface area contributed by atoms with E-state index in [1.54, 1.807) is 24.3 Å². The van der Waals surface area contributed by atoms with Crippen molar-refractivity contribution in [3.05, 3.63) is 40.2 Å². The topological polar surface area (TPSA) is 68.5 Å². The highest BCUT2D eigenvalue weighted by atomic mass is 16.5. The number of nitrogens with one attached hydrogen (secondary N) is 1. The largest absolute Gasteiger partial charge is 0.494 e. The van der Waals surface area contributed by atoms with Crippen LogP contribution < -0.4 is 15.7 Å². The minimum atomic E-state index is -0.612. The highest BCUT2D eigenvalue weighted by Crippen LogP contribution is 2.21. The van der Waals surface area contributed by atoms with Gasteiger partial charge in [-0.15, -0.1) is 0 Å². The second-order valence-electron chi connectivity index (χ2n) is 5.89. The van der Waals surface area contributed by atoms with Gasteiger partial charge >= 0.3 is 5.63 Å². The number of hydrogen-bond acceptors (Lipinski definition) is 4. The van der Waals surface area contributed by atoms with Crippen molar-refractivity contribution in [3.63, 3.8) is 0 Å². The maximum Gasteiger partial charge on any atom is 0.349 e. The lowest BCUT2D eigenvalue weighted by Gasteiger charge is -2.22. The summed E-state index contributed by atoms with van der Waals surface area (Å²) >= 11 is 0. The Morgan fingerprint density at radius 1 is 1.26 bits per heavy atom. The smallest absolute Gasteiger partial charge is 0.349 e. The molecule has 0 atom stereocenters. The SMILES string of the molecule is CCOc1ccc2cc(C(=O)NC3CCCCC3)c(=O)oc2c1. The van der Waals surface area contributed by atoms with Gasteiger partial charge in [0.25, 0.3) is 5.91 Å². The Labute approximate surface area is 134 Å². The van der Waals surface area contributed by atoms with Gasteiger partial charge in [-0.05, 0) is 38.0 Å². The predicted octanol–water partition coefficient (Wildman–Crippen LogP) is 3.25. The molecule has 5 nitrogen and oxygen atoms in total. The summed E-state index contributed by atoms with van der Waals surface area (Å²) in [6.07, 6.45) is 5.41. The van der Waals surface area contributed by atoms with Gasteiger partial charge < -0.3 is 14.5 Å². The fraction of sp³-hybridized carbons (Fsp3) is 0.444. The average Bonchev–Trinajstić information content (AvgIpc) is 2.55. The molecule has 5 heteroatoms. The maximum absolute atomic E-state index is 12.4. The van der Waals surface area contributed by atoms with Crippen molar-refractivity contribution in [2.24, 2.45) is 0 Å². The van der Waals surface area contributed by atoms with Gasteiger partial charge in [0.2, 0.25) is 0 Å². The first-order chi connectivity index (χ1) is 11.2. The van der Waals surface area contributed by atoms with Crippen molar-refractivity contribution in [1.82, 2.24) is 5.32 Å². The standard InChI is InChI=1S/C18H21NO4/c1-2-22-14-9-8-12-10-15(18(21)23-16(12)11-14)17(20)19-13-6-4-3-5-7-13/h8-11,13H,2-7H2,1H3,(H,19,20). The van der Waals surface area contributed by atoms with E-state index in [0.29, 0.717) is 23.3 Å². The fourth-order valence-corrected chi connectivity index (χ4v) is 3.02. The summed E-state index contributed by atoms with van der Waals surface area (Å²) in [6.45, 7) is 2.43. The first kappa shape index (κ1) is 15.6. The van der Waals surface area contributed by atoms with Crippen LogP contribution in [-0.4, -0.2) is 18.6 Å². The van der Waals surface area contributed by atoms with E-state index in [0.717, 1.165) is 25.7 Å². The number of fused-ring (bicyclic) bond motifs is 1. The first-order valence-corrected chi connectivity index (χ1v) is 8.19. The lowest BCUT2D eigenvalue weighted by atomic mass is 9.95. The molecular formula is C18H21NO4. The summed E-state index contributed by atoms with van der Waals surface area (Å²) in [5.41, 5.74) is -0.123. The molecule has 3 rings (SSSR count). The monoisotopic (exact) mass is 315 g/mol. The molecule has 122 valence electrons. The molecule has 0 saturated heterocycles. The number of ether oxygens (including phenoxy) is 1. The fourth-order valence-electron chi connectivity index (χ4n) is 3.02. The highest BCUT2D eigenvalue weighted by Gasteiger charge is 2.19. The lowest BCUT2D eigenvalue weighted by molar-refractivity contribution is 0.0924. The molecule has 1 amide bonds. The number of benzene rings is 1. The van der Waals surface area contributed by atoms with E-state index in [9.17, 15) is 9.59 Å². The maximum atomic E-state index is 12.4. The second-order valence-corrected chi connectivity index (χ2v) is 5.89. The van der Waals surface area contributed by atoms with Crippen molar-refractivity contribution in [3.8, 4) is 5.75 Å². The van der Waals surface area contributed by atoms with Gasteiger partial charge in [0.1, 0.15) is 16.9 Å². The van der Waals surface area contributed by atoms with E-state index < -0.39 is 5.63 Å². The second kappa shape index (κ2) is 6.86. The third kappa shape index (κ3) is 3.55. The molecule has 1 heterocycles. The summed E-state index contributed by atoms with van der Waals surface area (Å²) in [6, 6.07) is 7.01. The van der Waals surface area contributed by atoms with Gasteiger partial charge in [-0.1, -0.05) is 19.3 Å². The molecule has 2 aromatic rings. The number of carbonyl (C=O) groups is 1. The van der Waals surface area contributed by atoms with Crippen LogP contribution in [0.2, 0.25) is 0 Å². The predicted molar refractivity (Wildman–Crippen MR) is 88.0 cm³/mol. The number of hydrogen-bond donors (Lipinski definition) is 1. The highest BCUT2D eigenvalue weighted by molar-refractivity contribution is 5.96. The Balaban J connectivity index is 1.85. The van der Waals surface area contributed by atoms with Gasteiger partial charge in [-0.25, -0.2) is 4.79 Å². The number of carbonyl (C=O) groups excluding carboxylic acids is 1. The van der Waals surface area contributed by atoms with E-state index >= 15 is 0 Å². The van der Waals surface area contributed by atoms with E-state index in [-0.39, 0.29) is 17.5 Å². The molecule has 23 heavy (non-hydrogen) atoms. The van der Waals surface area contributed by atoms with Crippen LogP contribution >= 0.6 is 0 Å². The molecule has 0 bridgehead atoms. The van der Waals surface area contributed by atoms with Crippen molar-refractivity contribution in [1.29, 1.82) is 0 Å². The van der Waals surface area contributed by atoms with Crippen molar-refractivity contribution < 1.29 is 13.9 Å². The summed E-state index contributed by atoms with van der Waals surface area (Å²) in [5.74, 6) is 0.295. The van der Waals surface area contributed by atoms with E-state index in [4.69, 9.17) is 9.15 Å². The Morgan fingerprint density at radius 2 is 2.04 bits per heavy atom. The molecule has 0 unspecified atom stereocenters. The third-order valence-corrected chi connectivity index (χ3v) is 4.20. The van der Waals surface area contributed by atoms with E-state index in [1.807, 2.05) is 6.92 Å². The average molecular weight is 315 g/mol. The number of rotatable bonds is 4. The minimum Gasteiger partial charge on any atom is -0.494 e. The molecule has 0 aliphatic heterocycles. The molecule has 1 saturated carbocycles. The summed E-state index contributed by atoms with van der Waals surface area (Å²) < 4.78 is 10.7. The van der Waals surface area contributed by atoms with Crippen molar-refractivity contribution in [2.75, 3.05) is 6.61 Å². The number of amides is 1. The van der Waals surface area contributed by atoms with Crippen molar-refractivity contribution in [2.45, 2.75) is 45.1 Å². The Bertz CT molecular complexity index is 759. The zero-order valence-corrected chi connectivity index (χ0v) is 13.3. The summed E-state index contributed by atoms with van der Waals surface area (Å²) in [5, 5.41) is 3.66. The van der Waals surface area contributed by atoms with Gasteiger partial charge in [0.15, 0.2) is 0 Å². The summed E-state index contributed by atoms with van der Waals surface area (Å²) in [4.78, 5) is 24.5. The third-order valence-electron chi connectivity index (χ3n) is 4.20. The van der Waals surface area contributed by atoms with Crippen molar-refractivity contribution >= 4 is 16.9 Å². The molecule has 1 aliphatic carbocycles. The van der Waals surface area contributed by atoms with E-state index in [2.05, 4.69) is 5.32 Å². The van der Waals surface area contributed by atoms with Gasteiger partial charge in [-0.3, -0.25) is 4.79 Å². The molecule has 0 radical (unpaired) electrons. The lowest BCUT2D eigenvalue weighted by Crippen LogP contribution is -2.38. The Hall–Kier alpha value is -2.30. The molecule has 0 spiro atoms. The Kier molecular flexibility index (Phi) is 4.65. The zero-order valence-electron chi connectivity index (χ0n) is 13.3. The van der Waals surface area contributed by atoms with Crippen LogP contribution in [0.25, 0.3) is 11.0 Å². The van der Waals surface area contributed by atoms with Crippen LogP contribution in [0.1, 0.15) is 49.4 Å². The zero-order chi connectivity index (χ0) is 16.2. The molecule has 1 N–H and O–H groups in total. The first-order valence-electron chi connectivity index (χ1n) is 8.19. The van der Waals surface area contributed by atoms with Gasteiger partial charge in [0, 0.05) is 17.5 Å². The molecule has 1 aromatic carbocycles. The minimum absolute atomic E-state index is 0.0623. The quantitative estimate of drug-likeness (QED) is 0.879. The molecule has 1 aliphatic rings. The van der Waals surface area contributed by atoms with Gasteiger partial charge in [0.05, 0.1) is 6.61 Å². The normalized spacial score (nSPS) is 15.5. The van der Waals surface area contributed by atoms with Crippen LogP contribution in [0, 0.1) is 0 Å². The van der Waals surface area contributed by atoms with Crippen LogP contribution in [0.15, 0.2) is 33.5 Å². The van der Waals surface area contributed by atoms with Crippen LogP contribution in [0.4, 0.5) is 0 Å². The van der Waals surface area contributed by atoms with Crippen LogP contribution in [-0.2, 0) is 0 Å². The summed E-state index contributed by atoms with van der Waals surface area (Å²) in [7, 11) is 0. The van der Waals surface area contributed by atoms with Crippen LogP contribution in [0.3, 0.4) is 0 Å². The van der Waals surface area contributed by atoms with Gasteiger partial charge in [-0.2, -0.15) is 0 Å². The Morgan fingerprint density at radius 3 is 2.78 bits per heavy atom. The molecule has 1 aromatic heterocycles.